The van der Waals surface area contributed by atoms with Crippen LogP contribution in [0.25, 0.3) is 11.1 Å². The summed E-state index contributed by atoms with van der Waals surface area (Å²) in [6.45, 7) is 3.97. The quantitative estimate of drug-likeness (QED) is 0.754. The predicted octanol–water partition coefficient (Wildman–Crippen LogP) is 3.58. The maximum atomic E-state index is 12.9. The van der Waals surface area contributed by atoms with E-state index in [0.29, 0.717) is 28.3 Å². The Morgan fingerprint density at radius 1 is 1.40 bits per heavy atom. The zero-order valence-electron chi connectivity index (χ0n) is 14.0. The number of carbonyl (C=O) groups excluding carboxylic acids is 1. The fraction of sp³-hybridized carbons (Fsp3) is 0.333. The van der Waals surface area contributed by atoms with Gasteiger partial charge in [-0.1, -0.05) is 19.0 Å². The summed E-state index contributed by atoms with van der Waals surface area (Å²) in [5.41, 5.74) is 2.36. The molecule has 0 saturated heterocycles. The van der Waals surface area contributed by atoms with Crippen LogP contribution >= 0.6 is 0 Å². The lowest BCUT2D eigenvalue weighted by Gasteiger charge is -2.09. The number of pyridine rings is 2. The van der Waals surface area contributed by atoms with Crippen LogP contribution in [0.1, 0.15) is 60.3 Å². The number of hydrogen-bond donors (Lipinski definition) is 2. The molecule has 128 valence electrons. The summed E-state index contributed by atoms with van der Waals surface area (Å²) < 4.78 is 5.39. The number of fused-ring (bicyclic) bond motifs is 1. The van der Waals surface area contributed by atoms with Crippen LogP contribution in [-0.2, 0) is 0 Å². The third-order valence-corrected chi connectivity index (χ3v) is 4.30. The molecule has 1 aliphatic rings. The van der Waals surface area contributed by atoms with Gasteiger partial charge in [0.15, 0.2) is 11.6 Å². The average molecular weight is 338 g/mol. The highest BCUT2D eigenvalue weighted by molar-refractivity contribution is 6.12. The van der Waals surface area contributed by atoms with Crippen molar-refractivity contribution in [3.8, 4) is 5.75 Å². The van der Waals surface area contributed by atoms with Gasteiger partial charge in [0, 0.05) is 17.8 Å². The molecule has 0 unspecified atom stereocenters. The topological polar surface area (TPSA) is 101 Å². The number of nitrogens with one attached hydrogen (secondary N) is 1. The standard InChI is InChI=1S/C18H18N4O3/c1-9(2)15-14-11(17(24)21-16-13(23)4-3-7-19-16)8-12(10-5-6-10)20-18(14)25-22-15/h3-4,7-10,23H,5-6H2,1-2H3,(H,19,21,24). The molecule has 1 fully saturated rings. The van der Waals surface area contributed by atoms with Gasteiger partial charge in [-0.3, -0.25) is 4.79 Å². The highest BCUT2D eigenvalue weighted by Gasteiger charge is 2.29. The maximum Gasteiger partial charge on any atom is 0.259 e. The molecule has 0 bridgehead atoms. The zero-order valence-corrected chi connectivity index (χ0v) is 14.0. The summed E-state index contributed by atoms with van der Waals surface area (Å²) in [5.74, 6) is 0.121. The highest BCUT2D eigenvalue weighted by Crippen LogP contribution is 2.41. The lowest BCUT2D eigenvalue weighted by Crippen LogP contribution is -2.14. The molecule has 0 aliphatic heterocycles. The number of rotatable bonds is 4. The summed E-state index contributed by atoms with van der Waals surface area (Å²) in [5, 5.41) is 17.2. The molecule has 4 rings (SSSR count). The van der Waals surface area contributed by atoms with E-state index in [2.05, 4.69) is 20.4 Å². The smallest absolute Gasteiger partial charge is 0.259 e. The SMILES string of the molecule is CC(C)c1noc2nc(C3CC3)cc(C(=O)Nc3ncccc3O)c12. The normalized spacial score (nSPS) is 14.2. The number of hydrogen-bond acceptors (Lipinski definition) is 6. The van der Waals surface area contributed by atoms with Crippen molar-refractivity contribution in [2.75, 3.05) is 5.32 Å². The van der Waals surface area contributed by atoms with Crippen LogP contribution in [0.15, 0.2) is 28.9 Å². The minimum absolute atomic E-state index is 0.0852. The Kier molecular flexibility index (Phi) is 3.63. The van der Waals surface area contributed by atoms with Gasteiger partial charge in [-0.2, -0.15) is 0 Å². The minimum Gasteiger partial charge on any atom is -0.504 e. The van der Waals surface area contributed by atoms with Crippen LogP contribution in [0.2, 0.25) is 0 Å². The number of aromatic hydroxyl groups is 1. The number of carbonyl (C=O) groups is 1. The molecule has 0 aromatic carbocycles. The summed E-state index contributed by atoms with van der Waals surface area (Å²) >= 11 is 0. The van der Waals surface area contributed by atoms with E-state index < -0.39 is 0 Å². The molecule has 0 spiro atoms. The second-order valence-electron chi connectivity index (χ2n) is 6.60. The molecule has 3 aromatic heterocycles. The largest absolute Gasteiger partial charge is 0.504 e. The van der Waals surface area contributed by atoms with Crippen LogP contribution in [0.3, 0.4) is 0 Å². The lowest BCUT2D eigenvalue weighted by atomic mass is 10.0. The Hall–Kier alpha value is -2.96. The first-order valence-corrected chi connectivity index (χ1v) is 8.30. The number of nitrogens with zero attached hydrogens (tertiary/aromatic N) is 3. The molecular weight excluding hydrogens is 320 g/mol. The summed E-state index contributed by atoms with van der Waals surface area (Å²) in [6, 6.07) is 4.87. The first-order chi connectivity index (χ1) is 12.0. The Morgan fingerprint density at radius 2 is 2.20 bits per heavy atom. The van der Waals surface area contributed by atoms with Gasteiger partial charge in [-0.25, -0.2) is 9.97 Å². The van der Waals surface area contributed by atoms with Gasteiger partial charge in [0.25, 0.3) is 11.6 Å². The van der Waals surface area contributed by atoms with E-state index in [4.69, 9.17) is 4.52 Å². The molecule has 3 heterocycles. The van der Waals surface area contributed by atoms with Crippen molar-refractivity contribution >= 4 is 22.8 Å². The average Bonchev–Trinajstić information content (AvgIpc) is 3.35. The number of aromatic nitrogens is 3. The first kappa shape index (κ1) is 15.6. The van der Waals surface area contributed by atoms with Gasteiger partial charge in [0.05, 0.1) is 16.6 Å². The van der Waals surface area contributed by atoms with E-state index in [-0.39, 0.29) is 23.4 Å². The summed E-state index contributed by atoms with van der Waals surface area (Å²) in [4.78, 5) is 21.4. The van der Waals surface area contributed by atoms with E-state index in [1.165, 1.54) is 12.3 Å². The molecule has 0 atom stereocenters. The molecule has 3 aromatic rings. The van der Waals surface area contributed by atoms with Crippen LogP contribution in [0, 0.1) is 0 Å². The number of anilines is 1. The Bertz CT molecular complexity index is 960. The molecule has 1 aliphatic carbocycles. The summed E-state index contributed by atoms with van der Waals surface area (Å²) in [6.07, 6.45) is 3.63. The Morgan fingerprint density at radius 3 is 2.88 bits per heavy atom. The molecule has 2 N–H and O–H groups in total. The molecule has 0 radical (unpaired) electrons. The third kappa shape index (κ3) is 2.82. The monoisotopic (exact) mass is 338 g/mol. The van der Waals surface area contributed by atoms with Gasteiger partial charge in [-0.15, -0.1) is 0 Å². The second kappa shape index (κ2) is 5.84. The van der Waals surface area contributed by atoms with Gasteiger partial charge >= 0.3 is 0 Å². The summed E-state index contributed by atoms with van der Waals surface area (Å²) in [7, 11) is 0. The second-order valence-corrected chi connectivity index (χ2v) is 6.60. The van der Waals surface area contributed by atoms with E-state index in [1.54, 1.807) is 12.1 Å². The van der Waals surface area contributed by atoms with Crippen molar-refractivity contribution in [2.24, 2.45) is 0 Å². The van der Waals surface area contributed by atoms with Gasteiger partial charge < -0.3 is 14.9 Å². The van der Waals surface area contributed by atoms with Crippen molar-refractivity contribution < 1.29 is 14.4 Å². The Balaban J connectivity index is 1.82. The van der Waals surface area contributed by atoms with Gasteiger partial charge in [-0.05, 0) is 37.0 Å². The van der Waals surface area contributed by atoms with Crippen molar-refractivity contribution in [2.45, 2.75) is 38.5 Å². The fourth-order valence-corrected chi connectivity index (χ4v) is 2.82. The van der Waals surface area contributed by atoms with Crippen LogP contribution < -0.4 is 5.32 Å². The Labute approximate surface area is 144 Å². The van der Waals surface area contributed by atoms with Crippen molar-refractivity contribution in [1.82, 2.24) is 15.1 Å². The van der Waals surface area contributed by atoms with Crippen molar-refractivity contribution in [3.63, 3.8) is 0 Å². The van der Waals surface area contributed by atoms with E-state index in [1.807, 2.05) is 13.8 Å². The predicted molar refractivity (Wildman–Crippen MR) is 91.7 cm³/mol. The lowest BCUT2D eigenvalue weighted by molar-refractivity contribution is 0.102. The van der Waals surface area contributed by atoms with E-state index >= 15 is 0 Å². The molecular formula is C18H18N4O3. The van der Waals surface area contributed by atoms with Crippen LogP contribution in [-0.4, -0.2) is 26.1 Å². The van der Waals surface area contributed by atoms with Gasteiger partial charge in [0.2, 0.25) is 0 Å². The highest BCUT2D eigenvalue weighted by atomic mass is 16.5. The zero-order chi connectivity index (χ0) is 17.6. The van der Waals surface area contributed by atoms with E-state index in [9.17, 15) is 9.90 Å². The van der Waals surface area contributed by atoms with Crippen LogP contribution in [0.5, 0.6) is 5.75 Å². The van der Waals surface area contributed by atoms with Gasteiger partial charge in [0.1, 0.15) is 0 Å². The fourth-order valence-electron chi connectivity index (χ4n) is 2.82. The molecule has 25 heavy (non-hydrogen) atoms. The third-order valence-electron chi connectivity index (χ3n) is 4.30. The molecule has 7 heteroatoms. The molecule has 1 saturated carbocycles. The molecule has 7 nitrogen and oxygen atoms in total. The van der Waals surface area contributed by atoms with Crippen molar-refractivity contribution in [1.29, 1.82) is 0 Å². The minimum atomic E-state index is -0.367. The van der Waals surface area contributed by atoms with Crippen molar-refractivity contribution in [3.05, 3.63) is 41.3 Å². The number of amides is 1. The van der Waals surface area contributed by atoms with E-state index in [0.717, 1.165) is 18.5 Å². The maximum absolute atomic E-state index is 12.9. The molecule has 1 amide bonds. The first-order valence-electron chi connectivity index (χ1n) is 8.30. The van der Waals surface area contributed by atoms with Crippen LogP contribution in [0.4, 0.5) is 5.82 Å².